The summed E-state index contributed by atoms with van der Waals surface area (Å²) in [6, 6.07) is 2.45. The van der Waals surface area contributed by atoms with Gasteiger partial charge in [-0.1, -0.05) is 6.07 Å². The third-order valence-corrected chi connectivity index (χ3v) is 2.31. The first kappa shape index (κ1) is 16.2. The van der Waals surface area contributed by atoms with Gasteiger partial charge in [0.1, 0.15) is 6.04 Å². The molecule has 5 N–H and O–H groups in total. The molecule has 0 aliphatic carbocycles. The van der Waals surface area contributed by atoms with Crippen LogP contribution in [0.2, 0.25) is 0 Å². The lowest BCUT2D eigenvalue weighted by Gasteiger charge is -2.10. The lowest BCUT2D eigenvalue weighted by Crippen LogP contribution is -2.36. The van der Waals surface area contributed by atoms with Gasteiger partial charge in [-0.25, -0.2) is 9.59 Å². The molecular weight excluding hydrogens is 282 g/mol. The van der Waals surface area contributed by atoms with Crippen molar-refractivity contribution in [2.75, 3.05) is 0 Å². The molecule has 0 spiro atoms. The second-order valence-corrected chi connectivity index (χ2v) is 4.02. The van der Waals surface area contributed by atoms with Gasteiger partial charge in [-0.05, 0) is 23.8 Å². The molecule has 0 fully saturated rings. The fraction of sp³-hybridized carbons (Fsp3) is 0.154. The van der Waals surface area contributed by atoms with Crippen LogP contribution in [0, 0.1) is 0 Å². The molecule has 0 aromatic heterocycles. The fourth-order valence-corrected chi connectivity index (χ4v) is 1.34. The van der Waals surface area contributed by atoms with E-state index in [1.165, 1.54) is 24.3 Å². The first-order valence-corrected chi connectivity index (χ1v) is 5.72. The zero-order chi connectivity index (χ0) is 16.0. The summed E-state index contributed by atoms with van der Waals surface area (Å²) in [5.74, 6) is -4.05. The van der Waals surface area contributed by atoms with Crippen LogP contribution in [0.5, 0.6) is 11.5 Å². The molecule has 0 saturated heterocycles. The summed E-state index contributed by atoms with van der Waals surface area (Å²) in [5.41, 5.74) is 5.69. The molecule has 0 amide bonds. The fourth-order valence-electron chi connectivity index (χ4n) is 1.34. The Morgan fingerprint density at radius 1 is 1.29 bits per heavy atom. The number of carbonyl (C=O) groups is 3. The number of aliphatic carboxylic acids is 2. The lowest BCUT2D eigenvalue weighted by molar-refractivity contribution is -0.143. The van der Waals surface area contributed by atoms with Crippen LogP contribution < -0.4 is 10.5 Å². The molecule has 0 saturated carbocycles. The van der Waals surface area contributed by atoms with Crippen LogP contribution in [0.15, 0.2) is 24.3 Å². The second kappa shape index (κ2) is 7.06. The maximum Gasteiger partial charge on any atom is 0.329 e. The number of rotatable bonds is 6. The highest BCUT2D eigenvalue weighted by atomic mass is 16.5. The van der Waals surface area contributed by atoms with Crippen molar-refractivity contribution >= 4 is 24.0 Å². The van der Waals surface area contributed by atoms with Gasteiger partial charge in [0.2, 0.25) is 0 Å². The normalized spacial score (nSPS) is 12.0. The maximum atomic E-state index is 11.5. The van der Waals surface area contributed by atoms with Gasteiger partial charge in [0.15, 0.2) is 11.5 Å². The summed E-state index contributed by atoms with van der Waals surface area (Å²) >= 11 is 0. The van der Waals surface area contributed by atoms with Crippen molar-refractivity contribution in [3.8, 4) is 11.5 Å². The van der Waals surface area contributed by atoms with Crippen molar-refractivity contribution in [2.45, 2.75) is 12.5 Å². The number of benzene rings is 1. The molecule has 0 aliphatic rings. The Morgan fingerprint density at radius 2 is 1.95 bits per heavy atom. The van der Waals surface area contributed by atoms with Crippen LogP contribution in [0.4, 0.5) is 0 Å². The van der Waals surface area contributed by atoms with Gasteiger partial charge >= 0.3 is 17.9 Å². The minimum Gasteiger partial charge on any atom is -0.504 e. The molecule has 1 aromatic carbocycles. The molecule has 8 nitrogen and oxygen atoms in total. The molecule has 0 bridgehead atoms. The van der Waals surface area contributed by atoms with E-state index < -0.39 is 30.4 Å². The van der Waals surface area contributed by atoms with Gasteiger partial charge in [-0.2, -0.15) is 0 Å². The van der Waals surface area contributed by atoms with E-state index >= 15 is 0 Å². The number of aromatic hydroxyl groups is 1. The van der Waals surface area contributed by atoms with E-state index in [9.17, 15) is 19.5 Å². The number of carboxylic acid groups (broad SMARTS) is 2. The van der Waals surface area contributed by atoms with Crippen LogP contribution in [0.25, 0.3) is 6.08 Å². The molecule has 112 valence electrons. The van der Waals surface area contributed by atoms with E-state index in [2.05, 4.69) is 0 Å². The van der Waals surface area contributed by atoms with Crippen molar-refractivity contribution in [3.05, 3.63) is 29.8 Å². The highest BCUT2D eigenvalue weighted by Crippen LogP contribution is 2.27. The minimum absolute atomic E-state index is 0.242. The quantitative estimate of drug-likeness (QED) is 0.330. The number of carbonyl (C=O) groups excluding carboxylic acids is 1. The first-order valence-electron chi connectivity index (χ1n) is 5.72. The van der Waals surface area contributed by atoms with Crippen LogP contribution in [-0.2, 0) is 14.4 Å². The maximum absolute atomic E-state index is 11.5. The Bertz CT molecular complexity index is 594. The zero-order valence-corrected chi connectivity index (χ0v) is 10.7. The van der Waals surface area contributed by atoms with Crippen LogP contribution in [-0.4, -0.2) is 39.3 Å². The largest absolute Gasteiger partial charge is 0.504 e. The number of hydrogen-bond donors (Lipinski definition) is 4. The van der Waals surface area contributed by atoms with E-state index in [0.717, 1.165) is 6.08 Å². The number of ether oxygens (including phenoxy) is 1. The van der Waals surface area contributed by atoms with E-state index in [1.54, 1.807) is 0 Å². The van der Waals surface area contributed by atoms with Crippen molar-refractivity contribution in [3.63, 3.8) is 0 Å². The van der Waals surface area contributed by atoms with Gasteiger partial charge in [-0.15, -0.1) is 0 Å². The third kappa shape index (κ3) is 5.33. The third-order valence-electron chi connectivity index (χ3n) is 2.31. The average molecular weight is 295 g/mol. The zero-order valence-electron chi connectivity index (χ0n) is 10.7. The Kier molecular flexibility index (Phi) is 5.44. The average Bonchev–Trinajstić information content (AvgIpc) is 2.38. The van der Waals surface area contributed by atoms with Gasteiger partial charge in [0, 0.05) is 6.08 Å². The predicted molar refractivity (Wildman–Crippen MR) is 70.6 cm³/mol. The molecule has 0 aliphatic heterocycles. The number of phenolic OH excluding ortho intramolecular Hbond substituents is 1. The van der Waals surface area contributed by atoms with E-state index in [4.69, 9.17) is 20.7 Å². The Hall–Kier alpha value is -2.87. The second-order valence-electron chi connectivity index (χ2n) is 4.02. The first-order chi connectivity index (χ1) is 9.79. The smallest absolute Gasteiger partial charge is 0.329 e. The SMILES string of the molecule is N[C@@H](CC(=O)O)C(=O)Oc1cc(C=CC(=O)O)ccc1O. The predicted octanol–water partition coefficient (Wildman–Crippen LogP) is 0.197. The molecule has 0 unspecified atom stereocenters. The molecule has 21 heavy (non-hydrogen) atoms. The van der Waals surface area contributed by atoms with Crippen molar-refractivity contribution in [2.24, 2.45) is 5.73 Å². The van der Waals surface area contributed by atoms with Gasteiger partial charge < -0.3 is 25.8 Å². The molecule has 1 atom stereocenters. The summed E-state index contributed by atoms with van der Waals surface area (Å²) in [4.78, 5) is 32.4. The Morgan fingerprint density at radius 3 is 2.52 bits per heavy atom. The van der Waals surface area contributed by atoms with Crippen molar-refractivity contribution in [1.29, 1.82) is 0 Å². The highest BCUT2D eigenvalue weighted by Gasteiger charge is 2.20. The molecular formula is C13H13NO7. The van der Waals surface area contributed by atoms with Gasteiger partial charge in [-0.3, -0.25) is 4.79 Å². The number of phenols is 1. The molecule has 1 rings (SSSR count). The van der Waals surface area contributed by atoms with E-state index in [-0.39, 0.29) is 11.5 Å². The number of nitrogens with two attached hydrogens (primary N) is 1. The highest BCUT2D eigenvalue weighted by molar-refractivity contribution is 5.86. The Balaban J connectivity index is 2.87. The Labute approximate surface area is 119 Å². The molecule has 0 radical (unpaired) electrons. The number of hydrogen-bond acceptors (Lipinski definition) is 6. The summed E-state index contributed by atoms with van der Waals surface area (Å²) in [7, 11) is 0. The van der Waals surface area contributed by atoms with Gasteiger partial charge in [0.05, 0.1) is 6.42 Å². The topological polar surface area (TPSA) is 147 Å². The van der Waals surface area contributed by atoms with Crippen LogP contribution >= 0.6 is 0 Å². The lowest BCUT2D eigenvalue weighted by atomic mass is 10.2. The van der Waals surface area contributed by atoms with Crippen LogP contribution in [0.3, 0.4) is 0 Å². The number of esters is 1. The monoisotopic (exact) mass is 295 g/mol. The summed E-state index contributed by atoms with van der Waals surface area (Å²) < 4.78 is 4.80. The van der Waals surface area contributed by atoms with Crippen molar-refractivity contribution < 1.29 is 34.4 Å². The molecule has 1 aromatic rings. The minimum atomic E-state index is -1.37. The van der Waals surface area contributed by atoms with Gasteiger partial charge in [0.25, 0.3) is 0 Å². The summed E-state index contributed by atoms with van der Waals surface area (Å²) in [6.45, 7) is 0. The van der Waals surface area contributed by atoms with Crippen LogP contribution in [0.1, 0.15) is 12.0 Å². The molecule has 0 heterocycles. The van der Waals surface area contributed by atoms with E-state index in [0.29, 0.717) is 5.56 Å². The summed E-state index contributed by atoms with van der Waals surface area (Å²) in [6.07, 6.45) is 1.49. The van der Waals surface area contributed by atoms with E-state index in [1.807, 2.05) is 0 Å². The molecule has 8 heteroatoms. The van der Waals surface area contributed by atoms with Crippen molar-refractivity contribution in [1.82, 2.24) is 0 Å². The summed E-state index contributed by atoms with van der Waals surface area (Å²) in [5, 5.41) is 26.6. The standard InChI is InChI=1S/C13H13NO7/c14-8(6-12(18)19)13(20)21-10-5-7(1-3-9(10)15)2-4-11(16)17/h1-5,8,15H,6,14H2,(H,16,17)(H,18,19)/t8-/m0/s1. The number of carboxylic acids is 2.